The van der Waals surface area contributed by atoms with Crippen molar-refractivity contribution in [2.45, 2.75) is 6.42 Å². The van der Waals surface area contributed by atoms with Crippen LogP contribution in [0.5, 0.6) is 0 Å². The van der Waals surface area contributed by atoms with E-state index >= 15 is 0 Å². The first-order valence-corrected chi connectivity index (χ1v) is 6.16. The fourth-order valence-corrected chi connectivity index (χ4v) is 2.04. The van der Waals surface area contributed by atoms with Crippen LogP contribution < -0.4 is 5.32 Å². The van der Waals surface area contributed by atoms with Crippen molar-refractivity contribution in [2.24, 2.45) is 0 Å². The Hall–Kier alpha value is -2.02. The molecule has 0 radical (unpaired) electrons. The summed E-state index contributed by atoms with van der Waals surface area (Å²) in [6.45, 7) is 0.526. The minimum Gasteiger partial charge on any atom is -0.382 e. The van der Waals surface area contributed by atoms with Gasteiger partial charge in [0.2, 0.25) is 0 Å². The smallest absolute Gasteiger partial charge is 0.272 e. The molecule has 0 unspecified atom stereocenters. The van der Waals surface area contributed by atoms with Gasteiger partial charge in [-0.15, -0.1) is 11.3 Å². The highest BCUT2D eigenvalue weighted by atomic mass is 32.1. The van der Waals surface area contributed by atoms with Crippen molar-refractivity contribution in [3.63, 3.8) is 0 Å². The number of nitro benzene ring substituents is 1. The number of nitrogens with one attached hydrogen (secondary N) is 1. The van der Waals surface area contributed by atoms with Crippen molar-refractivity contribution < 1.29 is 9.31 Å². The van der Waals surface area contributed by atoms with Crippen LogP contribution in [0.25, 0.3) is 0 Å². The van der Waals surface area contributed by atoms with E-state index in [0.29, 0.717) is 13.0 Å². The van der Waals surface area contributed by atoms with Gasteiger partial charge in [0.15, 0.2) is 5.82 Å². The van der Waals surface area contributed by atoms with Crippen molar-refractivity contribution in [2.75, 3.05) is 11.9 Å². The van der Waals surface area contributed by atoms with Gasteiger partial charge in [-0.2, -0.15) is 0 Å². The highest BCUT2D eigenvalue weighted by Crippen LogP contribution is 2.20. The van der Waals surface area contributed by atoms with E-state index in [9.17, 15) is 14.5 Å². The highest BCUT2D eigenvalue weighted by Gasteiger charge is 2.10. The van der Waals surface area contributed by atoms with Crippen molar-refractivity contribution in [3.05, 3.63) is 50.7 Å². The van der Waals surface area contributed by atoms with Gasteiger partial charge in [-0.25, -0.2) is 9.37 Å². The van der Waals surface area contributed by atoms with Crippen LogP contribution >= 0.6 is 11.3 Å². The normalized spacial score (nSPS) is 10.3. The lowest BCUT2D eigenvalue weighted by atomic mass is 10.2. The lowest BCUT2D eigenvalue weighted by Gasteiger charge is -2.06. The summed E-state index contributed by atoms with van der Waals surface area (Å²) < 4.78 is 13.5. The minimum atomic E-state index is -0.623. The summed E-state index contributed by atoms with van der Waals surface area (Å²) in [5.74, 6) is -0.623. The van der Waals surface area contributed by atoms with Crippen LogP contribution in [-0.4, -0.2) is 16.5 Å². The summed E-state index contributed by atoms with van der Waals surface area (Å²) in [5, 5.41) is 15.3. The number of halogens is 1. The minimum absolute atomic E-state index is 0.252. The highest BCUT2D eigenvalue weighted by molar-refractivity contribution is 7.07. The standard InChI is InChI=1S/C11H10FN3O2S/c12-10-5-9(15(16)17)1-2-11(10)13-4-3-8-6-18-7-14-8/h1-2,5-7,13H,3-4H2. The van der Waals surface area contributed by atoms with Gasteiger partial charge >= 0.3 is 0 Å². The largest absolute Gasteiger partial charge is 0.382 e. The molecule has 2 aromatic rings. The quantitative estimate of drug-likeness (QED) is 0.668. The van der Waals surface area contributed by atoms with Crippen LogP contribution in [0.3, 0.4) is 0 Å². The molecule has 94 valence electrons. The first kappa shape index (κ1) is 12.4. The third kappa shape index (κ3) is 3.01. The number of non-ortho nitro benzene ring substituents is 1. The molecule has 0 saturated heterocycles. The first-order chi connectivity index (χ1) is 8.66. The van der Waals surface area contributed by atoms with E-state index in [2.05, 4.69) is 10.3 Å². The molecular formula is C11H10FN3O2S. The van der Waals surface area contributed by atoms with Gasteiger partial charge < -0.3 is 5.32 Å². The predicted molar refractivity (Wildman–Crippen MR) is 67.4 cm³/mol. The maximum absolute atomic E-state index is 13.5. The molecule has 1 N–H and O–H groups in total. The number of aromatic nitrogens is 1. The van der Waals surface area contributed by atoms with E-state index in [1.807, 2.05) is 5.38 Å². The fraction of sp³-hybridized carbons (Fsp3) is 0.182. The van der Waals surface area contributed by atoms with Crippen molar-refractivity contribution in [1.29, 1.82) is 0 Å². The zero-order valence-corrected chi connectivity index (χ0v) is 10.1. The summed E-state index contributed by atoms with van der Waals surface area (Å²) in [6.07, 6.45) is 0.680. The van der Waals surface area contributed by atoms with E-state index in [1.165, 1.54) is 23.5 Å². The molecule has 7 heteroatoms. The molecule has 18 heavy (non-hydrogen) atoms. The van der Waals surface area contributed by atoms with Gasteiger partial charge in [-0.05, 0) is 6.07 Å². The number of hydrogen-bond acceptors (Lipinski definition) is 5. The number of thiazole rings is 1. The Bertz CT molecular complexity index is 545. The van der Waals surface area contributed by atoms with Crippen molar-refractivity contribution in [1.82, 2.24) is 4.98 Å². The molecule has 1 aromatic carbocycles. The van der Waals surface area contributed by atoms with Gasteiger partial charge in [-0.1, -0.05) is 0 Å². The van der Waals surface area contributed by atoms with Gasteiger partial charge in [0.05, 0.1) is 27.9 Å². The van der Waals surface area contributed by atoms with Gasteiger partial charge in [0, 0.05) is 24.4 Å². The average molecular weight is 267 g/mol. The third-order valence-electron chi connectivity index (χ3n) is 2.34. The number of hydrogen-bond donors (Lipinski definition) is 1. The van der Waals surface area contributed by atoms with E-state index in [1.54, 1.807) is 5.51 Å². The Balaban J connectivity index is 1.95. The van der Waals surface area contributed by atoms with E-state index in [4.69, 9.17) is 0 Å². The fourth-order valence-electron chi connectivity index (χ4n) is 1.45. The third-order valence-corrected chi connectivity index (χ3v) is 2.98. The van der Waals surface area contributed by atoms with Gasteiger partial charge in [0.1, 0.15) is 0 Å². The molecule has 0 bridgehead atoms. The molecule has 0 fully saturated rings. The number of nitrogens with zero attached hydrogens (tertiary/aromatic N) is 2. The Labute approximate surface area is 106 Å². The molecule has 0 aliphatic heterocycles. The molecule has 0 amide bonds. The van der Waals surface area contributed by atoms with Crippen molar-refractivity contribution in [3.8, 4) is 0 Å². The average Bonchev–Trinajstić information content (AvgIpc) is 2.84. The zero-order valence-electron chi connectivity index (χ0n) is 9.30. The van der Waals surface area contributed by atoms with Crippen molar-refractivity contribution >= 4 is 22.7 Å². The molecule has 1 heterocycles. The topological polar surface area (TPSA) is 68.1 Å². The zero-order chi connectivity index (χ0) is 13.0. The molecule has 0 aliphatic rings. The first-order valence-electron chi connectivity index (χ1n) is 5.21. The molecule has 2 rings (SSSR count). The van der Waals surface area contributed by atoms with Crippen LogP contribution in [0.4, 0.5) is 15.8 Å². The Morgan fingerprint density at radius 3 is 2.94 bits per heavy atom. The monoisotopic (exact) mass is 267 g/mol. The molecular weight excluding hydrogens is 257 g/mol. The number of anilines is 1. The summed E-state index contributed by atoms with van der Waals surface area (Å²) >= 11 is 1.51. The second-order valence-corrected chi connectivity index (χ2v) is 4.30. The van der Waals surface area contributed by atoms with Gasteiger partial charge in [0.25, 0.3) is 5.69 Å². The molecule has 0 saturated carbocycles. The van der Waals surface area contributed by atoms with Crippen LogP contribution in [-0.2, 0) is 6.42 Å². The SMILES string of the molecule is O=[N+]([O-])c1ccc(NCCc2cscn2)c(F)c1. The summed E-state index contributed by atoms with van der Waals surface area (Å²) in [4.78, 5) is 13.9. The second kappa shape index (κ2) is 5.54. The van der Waals surface area contributed by atoms with E-state index in [-0.39, 0.29) is 11.4 Å². The number of rotatable bonds is 5. The van der Waals surface area contributed by atoms with Gasteiger partial charge in [-0.3, -0.25) is 10.1 Å². The molecule has 0 spiro atoms. The van der Waals surface area contributed by atoms with Crippen LogP contribution in [0.2, 0.25) is 0 Å². The molecule has 0 aliphatic carbocycles. The Kier molecular flexibility index (Phi) is 3.83. The molecule has 5 nitrogen and oxygen atoms in total. The Morgan fingerprint density at radius 1 is 1.50 bits per heavy atom. The maximum atomic E-state index is 13.5. The number of nitro groups is 1. The predicted octanol–water partition coefficient (Wildman–Crippen LogP) is 2.85. The van der Waals surface area contributed by atoms with Crippen LogP contribution in [0.15, 0.2) is 29.1 Å². The van der Waals surface area contributed by atoms with E-state index in [0.717, 1.165) is 11.8 Å². The van der Waals surface area contributed by atoms with E-state index < -0.39 is 10.7 Å². The lowest BCUT2D eigenvalue weighted by Crippen LogP contribution is -2.06. The Morgan fingerprint density at radius 2 is 2.33 bits per heavy atom. The summed E-state index contributed by atoms with van der Waals surface area (Å²) in [6, 6.07) is 3.55. The second-order valence-electron chi connectivity index (χ2n) is 3.58. The summed E-state index contributed by atoms with van der Waals surface area (Å²) in [7, 11) is 0. The molecule has 0 atom stereocenters. The lowest BCUT2D eigenvalue weighted by molar-refractivity contribution is -0.385. The number of benzene rings is 1. The van der Waals surface area contributed by atoms with Crippen LogP contribution in [0.1, 0.15) is 5.69 Å². The van der Waals surface area contributed by atoms with Crippen LogP contribution in [0, 0.1) is 15.9 Å². The molecule has 1 aromatic heterocycles. The maximum Gasteiger partial charge on any atom is 0.272 e. The summed E-state index contributed by atoms with van der Waals surface area (Å²) in [5.41, 5.74) is 2.69.